The van der Waals surface area contributed by atoms with Crippen molar-refractivity contribution in [2.24, 2.45) is 0 Å². The van der Waals surface area contributed by atoms with Crippen LogP contribution in [0.15, 0.2) is 72.9 Å². The van der Waals surface area contributed by atoms with E-state index < -0.39 is 0 Å². The first-order chi connectivity index (χ1) is 13.7. The smallest absolute Gasteiger partial charge is 0.131 e. The lowest BCUT2D eigenvalue weighted by molar-refractivity contribution is 0.965. The van der Waals surface area contributed by atoms with Crippen LogP contribution in [0.3, 0.4) is 0 Å². The molecule has 3 N–H and O–H groups in total. The van der Waals surface area contributed by atoms with E-state index in [-0.39, 0.29) is 0 Å². The van der Waals surface area contributed by atoms with Crippen molar-refractivity contribution in [2.45, 2.75) is 12.8 Å². The van der Waals surface area contributed by atoms with Gasteiger partial charge in [0.05, 0.1) is 17.3 Å². The molecule has 0 aliphatic rings. The van der Waals surface area contributed by atoms with Crippen molar-refractivity contribution in [1.82, 2.24) is 15.0 Å². The van der Waals surface area contributed by atoms with Gasteiger partial charge in [-0.15, -0.1) is 0 Å². The molecule has 0 amide bonds. The van der Waals surface area contributed by atoms with Crippen molar-refractivity contribution < 1.29 is 0 Å². The molecule has 0 saturated carbocycles. The number of aromatic nitrogens is 3. The van der Waals surface area contributed by atoms with Gasteiger partial charge < -0.3 is 10.7 Å². The molecular formula is C23H19N5. The zero-order chi connectivity index (χ0) is 19.3. The van der Waals surface area contributed by atoms with Gasteiger partial charge in [-0.1, -0.05) is 42.5 Å². The number of pyridine rings is 1. The number of hydrogen-bond acceptors (Lipinski definition) is 4. The molecule has 0 aliphatic heterocycles. The third-order valence-electron chi connectivity index (χ3n) is 4.57. The number of imidazole rings is 1. The second-order valence-electron chi connectivity index (χ2n) is 6.62. The van der Waals surface area contributed by atoms with Gasteiger partial charge in [0, 0.05) is 30.3 Å². The Kier molecular flexibility index (Phi) is 4.85. The van der Waals surface area contributed by atoms with E-state index in [1.54, 1.807) is 0 Å². The minimum Gasteiger partial charge on any atom is -0.383 e. The largest absolute Gasteiger partial charge is 0.383 e. The summed E-state index contributed by atoms with van der Waals surface area (Å²) in [6.07, 6.45) is 3.17. The molecular weight excluding hydrogens is 346 g/mol. The van der Waals surface area contributed by atoms with Crippen molar-refractivity contribution in [3.63, 3.8) is 0 Å². The van der Waals surface area contributed by atoms with Gasteiger partial charge in [0.15, 0.2) is 0 Å². The first-order valence-electron chi connectivity index (χ1n) is 9.04. The molecule has 0 saturated heterocycles. The molecule has 0 radical (unpaired) electrons. The Bertz CT molecular complexity index is 1120. The van der Waals surface area contributed by atoms with E-state index in [2.05, 4.69) is 21.0 Å². The molecule has 0 atom stereocenters. The summed E-state index contributed by atoms with van der Waals surface area (Å²) >= 11 is 0. The normalized spacial score (nSPS) is 10.5. The predicted octanol–water partition coefficient (Wildman–Crippen LogP) is 4.11. The maximum atomic E-state index is 8.88. The SMILES string of the molecule is N#Cc1ccc(Cc2cnc(Cc3ccc(-c4ccccc4)c(N)n3)[nH]2)cc1. The lowest BCUT2D eigenvalue weighted by atomic mass is 10.1. The number of nitrogens with zero attached hydrogens (tertiary/aromatic N) is 3. The van der Waals surface area contributed by atoms with Gasteiger partial charge in [-0.2, -0.15) is 5.26 Å². The fourth-order valence-corrected chi connectivity index (χ4v) is 3.15. The maximum Gasteiger partial charge on any atom is 0.131 e. The van der Waals surface area contributed by atoms with Crippen LogP contribution < -0.4 is 5.73 Å². The topological polar surface area (TPSA) is 91.4 Å². The molecule has 0 bridgehead atoms. The molecule has 0 unspecified atom stereocenters. The summed E-state index contributed by atoms with van der Waals surface area (Å²) < 4.78 is 0. The summed E-state index contributed by atoms with van der Waals surface area (Å²) in [6, 6.07) is 23.7. The van der Waals surface area contributed by atoms with Crippen molar-refractivity contribution in [2.75, 3.05) is 5.73 Å². The van der Waals surface area contributed by atoms with Crippen molar-refractivity contribution >= 4 is 5.82 Å². The van der Waals surface area contributed by atoms with Crippen LogP contribution in [-0.2, 0) is 12.8 Å². The number of benzene rings is 2. The van der Waals surface area contributed by atoms with Gasteiger partial charge in [-0.05, 0) is 35.4 Å². The summed E-state index contributed by atoms with van der Waals surface area (Å²) in [5, 5.41) is 8.88. The van der Waals surface area contributed by atoms with E-state index in [0.717, 1.165) is 40.3 Å². The molecule has 28 heavy (non-hydrogen) atoms. The van der Waals surface area contributed by atoms with Crippen LogP contribution in [0.2, 0.25) is 0 Å². The van der Waals surface area contributed by atoms with Gasteiger partial charge in [0.25, 0.3) is 0 Å². The van der Waals surface area contributed by atoms with E-state index in [4.69, 9.17) is 11.0 Å². The first kappa shape index (κ1) is 17.5. The summed E-state index contributed by atoms with van der Waals surface area (Å²) in [5.41, 5.74) is 11.9. The van der Waals surface area contributed by atoms with E-state index in [9.17, 15) is 0 Å². The second-order valence-corrected chi connectivity index (χ2v) is 6.62. The molecule has 136 valence electrons. The highest BCUT2D eigenvalue weighted by molar-refractivity contribution is 5.73. The number of H-pyrrole nitrogens is 1. The predicted molar refractivity (Wildman–Crippen MR) is 109 cm³/mol. The standard InChI is InChI=1S/C23H19N5/c24-14-17-8-6-16(7-9-17)12-20-15-26-22(27-20)13-19-10-11-21(23(25)28-19)18-4-2-1-3-5-18/h1-11,15H,12-13H2,(H2,25,28)(H,26,27). The molecule has 2 aromatic carbocycles. The Balaban J connectivity index is 1.46. The number of anilines is 1. The summed E-state index contributed by atoms with van der Waals surface area (Å²) in [7, 11) is 0. The van der Waals surface area contributed by atoms with Gasteiger partial charge in [0.2, 0.25) is 0 Å². The minimum atomic E-state index is 0.521. The zero-order valence-electron chi connectivity index (χ0n) is 15.3. The number of nitrogen functional groups attached to an aromatic ring is 1. The van der Waals surface area contributed by atoms with Crippen LogP contribution in [0.25, 0.3) is 11.1 Å². The molecule has 5 heteroatoms. The fraction of sp³-hybridized carbons (Fsp3) is 0.0870. The van der Waals surface area contributed by atoms with Gasteiger partial charge in [0.1, 0.15) is 11.6 Å². The van der Waals surface area contributed by atoms with Crippen LogP contribution in [0.1, 0.15) is 28.3 Å². The number of nitrogens with one attached hydrogen (secondary N) is 1. The summed E-state index contributed by atoms with van der Waals surface area (Å²) in [6.45, 7) is 0. The van der Waals surface area contributed by atoms with Crippen molar-refractivity contribution in [3.05, 3.63) is 101 Å². The number of nitriles is 1. The Hall–Kier alpha value is -3.91. The average molecular weight is 365 g/mol. The van der Waals surface area contributed by atoms with Crippen LogP contribution in [0, 0.1) is 11.3 Å². The van der Waals surface area contributed by atoms with Crippen LogP contribution >= 0.6 is 0 Å². The Morgan fingerprint density at radius 3 is 2.43 bits per heavy atom. The van der Waals surface area contributed by atoms with Crippen molar-refractivity contribution in [1.29, 1.82) is 5.26 Å². The Labute approximate surface area is 163 Å². The monoisotopic (exact) mass is 365 g/mol. The molecule has 0 spiro atoms. The number of aromatic amines is 1. The highest BCUT2D eigenvalue weighted by Crippen LogP contribution is 2.24. The van der Waals surface area contributed by atoms with Crippen LogP contribution in [-0.4, -0.2) is 15.0 Å². The molecule has 4 rings (SSSR count). The zero-order valence-corrected chi connectivity index (χ0v) is 15.3. The number of rotatable bonds is 5. The lowest BCUT2D eigenvalue weighted by Gasteiger charge is -2.07. The van der Waals surface area contributed by atoms with Crippen molar-refractivity contribution in [3.8, 4) is 17.2 Å². The van der Waals surface area contributed by atoms with Gasteiger partial charge >= 0.3 is 0 Å². The second kappa shape index (κ2) is 7.77. The molecule has 5 nitrogen and oxygen atoms in total. The number of nitrogens with two attached hydrogens (primary N) is 1. The quantitative estimate of drug-likeness (QED) is 0.557. The molecule has 0 aliphatic carbocycles. The van der Waals surface area contributed by atoms with E-state index >= 15 is 0 Å². The van der Waals surface area contributed by atoms with E-state index in [1.165, 1.54) is 0 Å². The third kappa shape index (κ3) is 3.92. The van der Waals surface area contributed by atoms with Crippen LogP contribution in [0.5, 0.6) is 0 Å². The first-order valence-corrected chi connectivity index (χ1v) is 9.04. The van der Waals surface area contributed by atoms with E-state index in [1.807, 2.05) is 72.9 Å². The van der Waals surface area contributed by atoms with Gasteiger partial charge in [-0.3, -0.25) is 0 Å². The van der Waals surface area contributed by atoms with E-state index in [0.29, 0.717) is 17.8 Å². The number of hydrogen-bond donors (Lipinski definition) is 2. The third-order valence-corrected chi connectivity index (χ3v) is 4.57. The Morgan fingerprint density at radius 1 is 0.929 bits per heavy atom. The summed E-state index contributed by atoms with van der Waals surface area (Å²) in [5.74, 6) is 1.37. The minimum absolute atomic E-state index is 0.521. The Morgan fingerprint density at radius 2 is 1.71 bits per heavy atom. The van der Waals surface area contributed by atoms with Crippen LogP contribution in [0.4, 0.5) is 5.82 Å². The molecule has 4 aromatic rings. The molecule has 0 fully saturated rings. The highest BCUT2D eigenvalue weighted by atomic mass is 14.9. The molecule has 2 heterocycles. The lowest BCUT2D eigenvalue weighted by Crippen LogP contribution is -2.00. The fourth-order valence-electron chi connectivity index (χ4n) is 3.15. The maximum absolute atomic E-state index is 8.88. The summed E-state index contributed by atoms with van der Waals surface area (Å²) in [4.78, 5) is 12.4. The highest BCUT2D eigenvalue weighted by Gasteiger charge is 2.08. The van der Waals surface area contributed by atoms with Gasteiger partial charge in [-0.25, -0.2) is 9.97 Å². The molecule has 2 aromatic heterocycles. The average Bonchev–Trinajstić information content (AvgIpc) is 3.16.